The number of thiocarbonyl (C=S) groups is 1. The van der Waals surface area contributed by atoms with Crippen LogP contribution in [0.2, 0.25) is 0 Å². The molecule has 0 atom stereocenters. The number of hydrogen-bond acceptors (Lipinski definition) is 7. The van der Waals surface area contributed by atoms with Gasteiger partial charge >= 0.3 is 0 Å². The van der Waals surface area contributed by atoms with Crippen LogP contribution in [0.4, 0.5) is 5.69 Å². The van der Waals surface area contributed by atoms with Crippen molar-refractivity contribution < 1.29 is 14.1 Å². The van der Waals surface area contributed by atoms with Gasteiger partial charge in [-0.2, -0.15) is 0 Å². The van der Waals surface area contributed by atoms with E-state index in [2.05, 4.69) is 39.7 Å². The van der Waals surface area contributed by atoms with E-state index in [9.17, 15) is 4.79 Å². The van der Waals surface area contributed by atoms with Gasteiger partial charge in [-0.3, -0.25) is 10.1 Å². The molecule has 1 N–H and O–H groups in total. The first-order valence-electron chi connectivity index (χ1n) is 10.8. The van der Waals surface area contributed by atoms with Gasteiger partial charge in [0, 0.05) is 43.1 Å². The van der Waals surface area contributed by atoms with E-state index in [-0.39, 0.29) is 16.9 Å². The standard InChI is InChI=1S/C25H22N4O3S2/c1-15-26-22(14-34-15)23-13-21(28-32-23)24(30)27-25(33)29(2)18-8-5-9-19(12-18)31-20-10-16-6-3-4-7-17(16)11-20/h3-9,12-14,20H,10-11H2,1-2H3,(H,27,30,33). The van der Waals surface area contributed by atoms with E-state index in [0.717, 1.165) is 29.3 Å². The summed E-state index contributed by atoms with van der Waals surface area (Å²) in [5.41, 5.74) is 4.26. The summed E-state index contributed by atoms with van der Waals surface area (Å²) in [5, 5.41) is 9.56. The summed E-state index contributed by atoms with van der Waals surface area (Å²) in [6, 6.07) is 17.7. The van der Waals surface area contributed by atoms with Crippen molar-refractivity contribution in [2.45, 2.75) is 25.9 Å². The van der Waals surface area contributed by atoms with Crippen LogP contribution in [0.5, 0.6) is 5.75 Å². The van der Waals surface area contributed by atoms with E-state index in [1.54, 1.807) is 18.0 Å². The van der Waals surface area contributed by atoms with Crippen LogP contribution in [-0.2, 0) is 12.8 Å². The molecule has 1 amide bonds. The second-order valence-corrected chi connectivity index (χ2v) is 9.51. The van der Waals surface area contributed by atoms with Crippen molar-refractivity contribution in [2.75, 3.05) is 11.9 Å². The van der Waals surface area contributed by atoms with Crippen molar-refractivity contribution in [1.82, 2.24) is 15.5 Å². The van der Waals surface area contributed by atoms with E-state index >= 15 is 0 Å². The molecular weight excluding hydrogens is 468 g/mol. The average Bonchev–Trinajstić information content (AvgIpc) is 3.57. The quantitative estimate of drug-likeness (QED) is 0.402. The number of benzene rings is 2. The SMILES string of the molecule is Cc1nc(-c2cc(C(=O)NC(=S)N(C)c3cccc(OC4Cc5ccccc5C4)c3)no2)cs1. The number of aryl methyl sites for hydroxylation is 1. The van der Waals surface area contributed by atoms with Crippen molar-refractivity contribution in [1.29, 1.82) is 0 Å². The van der Waals surface area contributed by atoms with Gasteiger partial charge in [-0.05, 0) is 42.4 Å². The van der Waals surface area contributed by atoms with Crippen molar-refractivity contribution in [3.8, 4) is 17.2 Å². The molecule has 0 saturated carbocycles. The van der Waals surface area contributed by atoms with Crippen LogP contribution in [0.3, 0.4) is 0 Å². The second-order valence-electron chi connectivity index (χ2n) is 8.06. The molecule has 0 saturated heterocycles. The van der Waals surface area contributed by atoms with Crippen molar-refractivity contribution in [3.05, 3.63) is 81.8 Å². The number of amides is 1. The maximum Gasteiger partial charge on any atom is 0.279 e. The van der Waals surface area contributed by atoms with Gasteiger partial charge in [0.1, 0.15) is 17.5 Å². The minimum Gasteiger partial charge on any atom is -0.490 e. The smallest absolute Gasteiger partial charge is 0.279 e. The molecule has 172 valence electrons. The molecule has 2 aromatic heterocycles. The first kappa shape index (κ1) is 22.2. The average molecular weight is 491 g/mol. The van der Waals surface area contributed by atoms with Crippen molar-refractivity contribution in [2.24, 2.45) is 0 Å². The van der Waals surface area contributed by atoms with Gasteiger partial charge in [0.25, 0.3) is 5.91 Å². The van der Waals surface area contributed by atoms with Gasteiger partial charge in [0.05, 0.1) is 5.01 Å². The number of carbonyl (C=O) groups is 1. The monoisotopic (exact) mass is 490 g/mol. The Morgan fingerprint density at radius 2 is 1.94 bits per heavy atom. The highest BCUT2D eigenvalue weighted by atomic mass is 32.1. The maximum absolute atomic E-state index is 12.7. The Hall–Kier alpha value is -3.56. The fourth-order valence-electron chi connectivity index (χ4n) is 3.90. The summed E-state index contributed by atoms with van der Waals surface area (Å²) in [6.07, 6.45) is 1.89. The number of anilines is 1. The van der Waals surface area contributed by atoms with E-state index in [4.69, 9.17) is 21.5 Å². The summed E-state index contributed by atoms with van der Waals surface area (Å²) in [7, 11) is 1.79. The van der Waals surface area contributed by atoms with Crippen molar-refractivity contribution in [3.63, 3.8) is 0 Å². The van der Waals surface area contributed by atoms with Gasteiger partial charge in [-0.1, -0.05) is 35.5 Å². The number of ether oxygens (including phenoxy) is 1. The Balaban J connectivity index is 1.21. The number of nitrogens with zero attached hydrogens (tertiary/aromatic N) is 3. The fourth-order valence-corrected chi connectivity index (χ4v) is 4.70. The molecule has 2 aromatic carbocycles. The molecule has 1 aliphatic carbocycles. The number of thiazole rings is 1. The minimum atomic E-state index is -0.449. The van der Waals surface area contributed by atoms with Gasteiger partial charge in [-0.15, -0.1) is 11.3 Å². The van der Waals surface area contributed by atoms with E-state index in [0.29, 0.717) is 11.5 Å². The Morgan fingerprint density at radius 1 is 1.18 bits per heavy atom. The lowest BCUT2D eigenvalue weighted by atomic mass is 10.1. The maximum atomic E-state index is 12.7. The number of rotatable bonds is 5. The molecule has 0 radical (unpaired) electrons. The topological polar surface area (TPSA) is 80.5 Å². The first-order chi connectivity index (χ1) is 16.5. The van der Waals surface area contributed by atoms with Gasteiger partial charge in [0.15, 0.2) is 16.6 Å². The Labute approximate surface area is 206 Å². The van der Waals surface area contributed by atoms with E-state index in [1.807, 2.05) is 36.6 Å². The molecule has 7 nitrogen and oxygen atoms in total. The molecule has 4 aromatic rings. The predicted octanol–water partition coefficient (Wildman–Crippen LogP) is 4.80. The lowest BCUT2D eigenvalue weighted by molar-refractivity contribution is 0.0968. The summed E-state index contributed by atoms with van der Waals surface area (Å²) >= 11 is 6.96. The Kier molecular flexibility index (Phi) is 6.12. The van der Waals surface area contributed by atoms with E-state index < -0.39 is 5.91 Å². The fraction of sp³-hybridized carbons (Fsp3) is 0.200. The highest BCUT2D eigenvalue weighted by Crippen LogP contribution is 2.28. The molecular formula is C25H22N4O3S2. The van der Waals surface area contributed by atoms with Crippen LogP contribution >= 0.6 is 23.6 Å². The number of fused-ring (bicyclic) bond motifs is 1. The van der Waals surface area contributed by atoms with Gasteiger partial charge in [0.2, 0.25) is 0 Å². The molecule has 5 rings (SSSR count). The molecule has 0 spiro atoms. The molecule has 9 heteroatoms. The molecule has 1 aliphatic rings. The zero-order chi connectivity index (χ0) is 23.7. The summed E-state index contributed by atoms with van der Waals surface area (Å²) in [5.74, 6) is 0.749. The Morgan fingerprint density at radius 3 is 2.65 bits per heavy atom. The Bertz CT molecular complexity index is 1340. The lowest BCUT2D eigenvalue weighted by Gasteiger charge is -2.21. The van der Waals surface area contributed by atoms with Crippen LogP contribution in [0.25, 0.3) is 11.5 Å². The molecule has 0 bridgehead atoms. The predicted molar refractivity (Wildman–Crippen MR) is 136 cm³/mol. The molecule has 34 heavy (non-hydrogen) atoms. The third-order valence-electron chi connectivity index (χ3n) is 5.66. The number of carbonyl (C=O) groups excluding carboxylic acids is 1. The summed E-state index contributed by atoms with van der Waals surface area (Å²) in [6.45, 7) is 1.90. The molecule has 0 fully saturated rings. The summed E-state index contributed by atoms with van der Waals surface area (Å²) in [4.78, 5) is 18.7. The first-order valence-corrected chi connectivity index (χ1v) is 12.1. The largest absolute Gasteiger partial charge is 0.490 e. The van der Waals surface area contributed by atoms with Crippen LogP contribution in [0.15, 0.2) is 64.5 Å². The van der Waals surface area contributed by atoms with Crippen LogP contribution in [-0.4, -0.2) is 34.3 Å². The van der Waals surface area contributed by atoms with Gasteiger partial charge < -0.3 is 14.2 Å². The number of nitrogens with one attached hydrogen (secondary N) is 1. The van der Waals surface area contributed by atoms with Crippen molar-refractivity contribution >= 4 is 40.3 Å². The normalized spacial score (nSPS) is 12.9. The van der Waals surface area contributed by atoms with E-state index in [1.165, 1.54) is 22.5 Å². The van der Waals surface area contributed by atoms with Crippen LogP contribution in [0.1, 0.15) is 26.6 Å². The minimum absolute atomic E-state index is 0.104. The zero-order valence-electron chi connectivity index (χ0n) is 18.6. The third-order valence-corrected chi connectivity index (χ3v) is 6.81. The van der Waals surface area contributed by atoms with Crippen LogP contribution in [0, 0.1) is 6.92 Å². The molecule has 0 aliphatic heterocycles. The highest BCUT2D eigenvalue weighted by Gasteiger charge is 2.23. The van der Waals surface area contributed by atoms with Gasteiger partial charge in [-0.25, -0.2) is 4.98 Å². The number of aromatic nitrogens is 2. The van der Waals surface area contributed by atoms with Crippen LogP contribution < -0.4 is 15.0 Å². The zero-order valence-corrected chi connectivity index (χ0v) is 20.3. The lowest BCUT2D eigenvalue weighted by Crippen LogP contribution is -2.40. The third kappa shape index (κ3) is 4.71. The molecule has 0 unspecified atom stereocenters. The number of hydrogen-bond donors (Lipinski definition) is 1. The molecule has 2 heterocycles. The summed E-state index contributed by atoms with van der Waals surface area (Å²) < 4.78 is 11.5. The highest BCUT2D eigenvalue weighted by molar-refractivity contribution is 7.80. The second kappa shape index (κ2) is 9.36.